The quantitative estimate of drug-likeness (QED) is 0.672. The molecule has 2 heterocycles. The van der Waals surface area contributed by atoms with Crippen molar-refractivity contribution in [1.29, 1.82) is 0 Å². The van der Waals surface area contributed by atoms with E-state index in [4.69, 9.17) is 4.74 Å². The number of hydrogen-bond donors (Lipinski definition) is 0. The lowest BCUT2D eigenvalue weighted by Crippen LogP contribution is -2.48. The van der Waals surface area contributed by atoms with E-state index in [9.17, 15) is 8.42 Å². The summed E-state index contributed by atoms with van der Waals surface area (Å²) in [6.07, 6.45) is 1.61. The van der Waals surface area contributed by atoms with Gasteiger partial charge >= 0.3 is 0 Å². The lowest BCUT2D eigenvalue weighted by atomic mass is 10.2. The summed E-state index contributed by atoms with van der Waals surface area (Å²) in [6, 6.07) is 11.5. The zero-order valence-corrected chi connectivity index (χ0v) is 19.3. The summed E-state index contributed by atoms with van der Waals surface area (Å²) >= 11 is 0. The van der Waals surface area contributed by atoms with E-state index in [1.807, 2.05) is 45.9 Å². The minimum Gasteiger partial charge on any atom is -0.497 e. The Bertz CT molecular complexity index is 912. The number of benzene rings is 1. The van der Waals surface area contributed by atoms with E-state index in [0.717, 1.165) is 37.7 Å². The zero-order valence-electron chi connectivity index (χ0n) is 18.5. The molecule has 1 saturated heterocycles. The molecule has 0 atom stereocenters. The Morgan fingerprint density at radius 2 is 1.47 bits per heavy atom. The maximum Gasteiger partial charge on any atom is 0.274 e. The van der Waals surface area contributed by atoms with Crippen LogP contribution in [0.25, 0.3) is 0 Å². The van der Waals surface area contributed by atoms with Crippen LogP contribution in [0.15, 0.2) is 47.5 Å². The fourth-order valence-corrected chi connectivity index (χ4v) is 5.83. The third kappa shape index (κ3) is 4.70. The average molecular weight is 434 g/mol. The summed E-state index contributed by atoms with van der Waals surface area (Å²) in [5.74, 6) is 1.79. The van der Waals surface area contributed by atoms with Gasteiger partial charge in [0.25, 0.3) is 5.82 Å². The predicted octanol–water partition coefficient (Wildman–Crippen LogP) is 2.64. The van der Waals surface area contributed by atoms with E-state index in [1.54, 1.807) is 23.7 Å². The summed E-state index contributed by atoms with van der Waals surface area (Å²) < 4.78 is 32.8. The van der Waals surface area contributed by atoms with Crippen molar-refractivity contribution in [3.63, 3.8) is 0 Å². The molecule has 1 aromatic heterocycles. The molecule has 1 fully saturated rings. The molecule has 1 aliphatic rings. The molecule has 0 aliphatic carbocycles. The summed E-state index contributed by atoms with van der Waals surface area (Å²) in [5, 5.41) is 0. The number of H-pyrrole nitrogens is 1. The fourth-order valence-electron chi connectivity index (χ4n) is 4.03. The molecule has 0 radical (unpaired) electrons. The van der Waals surface area contributed by atoms with Crippen LogP contribution in [0.2, 0.25) is 0 Å². The number of ether oxygens (including phenoxy) is 1. The third-order valence-corrected chi connectivity index (χ3v) is 7.67. The molecule has 0 saturated carbocycles. The molecule has 2 aromatic rings. The molecule has 0 amide bonds. The van der Waals surface area contributed by atoms with E-state index in [1.165, 1.54) is 5.69 Å². The van der Waals surface area contributed by atoms with Gasteiger partial charge in [0.1, 0.15) is 29.9 Å². The zero-order chi connectivity index (χ0) is 21.9. The van der Waals surface area contributed by atoms with Gasteiger partial charge in [0.05, 0.1) is 20.2 Å². The number of pyridine rings is 1. The lowest BCUT2D eigenvalue weighted by Gasteiger charge is -2.32. The summed E-state index contributed by atoms with van der Waals surface area (Å²) in [4.78, 5) is 8.09. The van der Waals surface area contributed by atoms with Crippen LogP contribution >= 0.6 is 0 Å². The molecule has 0 bridgehead atoms. The Kier molecular flexibility index (Phi) is 6.88. The first-order chi connectivity index (χ1) is 14.2. The van der Waals surface area contributed by atoms with Gasteiger partial charge in [-0.25, -0.2) is 13.4 Å². The van der Waals surface area contributed by atoms with Gasteiger partial charge in [-0.05, 0) is 58.0 Å². The molecular weight excluding hydrogens is 400 g/mol. The lowest BCUT2D eigenvalue weighted by molar-refractivity contribution is -0.367. The molecule has 0 unspecified atom stereocenters. The SMILES string of the molecule is COc1ccc(N2CCN(c3ccc(S(=O)(=O)N(C(C)C)C(C)C)c[nH+]3)CC2)cc1. The molecule has 1 aliphatic heterocycles. The van der Waals surface area contributed by atoms with Crippen molar-refractivity contribution < 1.29 is 18.1 Å². The van der Waals surface area contributed by atoms with Crippen LogP contribution in [0.3, 0.4) is 0 Å². The highest BCUT2D eigenvalue weighted by Crippen LogP contribution is 2.23. The van der Waals surface area contributed by atoms with Crippen LogP contribution in [-0.2, 0) is 10.0 Å². The van der Waals surface area contributed by atoms with Gasteiger partial charge in [-0.2, -0.15) is 4.31 Å². The molecule has 1 aromatic carbocycles. The topological polar surface area (TPSA) is 67.2 Å². The standard InChI is InChI=1S/C22H32N4O3S/c1-17(2)26(18(3)4)30(27,28)21-10-11-22(23-16-21)25-14-12-24(13-15-25)19-6-8-20(29-5)9-7-19/h6-11,16-18H,12-15H2,1-5H3/p+1. The number of nitrogens with zero attached hydrogens (tertiary/aromatic N) is 3. The van der Waals surface area contributed by atoms with E-state index >= 15 is 0 Å². The molecule has 8 heteroatoms. The highest BCUT2D eigenvalue weighted by Gasteiger charge is 2.31. The van der Waals surface area contributed by atoms with Crippen molar-refractivity contribution in [1.82, 2.24) is 4.31 Å². The third-order valence-electron chi connectivity index (χ3n) is 5.42. The monoisotopic (exact) mass is 433 g/mol. The van der Waals surface area contributed by atoms with Crippen molar-refractivity contribution in [3.05, 3.63) is 42.6 Å². The van der Waals surface area contributed by atoms with Gasteiger partial charge in [0.15, 0.2) is 0 Å². The molecule has 164 valence electrons. The number of hydrogen-bond acceptors (Lipinski definition) is 5. The van der Waals surface area contributed by atoms with Gasteiger partial charge in [0, 0.05) is 23.8 Å². The number of anilines is 2. The second-order valence-corrected chi connectivity index (χ2v) is 9.95. The predicted molar refractivity (Wildman–Crippen MR) is 120 cm³/mol. The molecule has 3 rings (SSSR count). The summed E-state index contributed by atoms with van der Waals surface area (Å²) in [5.41, 5.74) is 1.18. The van der Waals surface area contributed by atoms with Crippen LogP contribution in [0.4, 0.5) is 11.5 Å². The number of methoxy groups -OCH3 is 1. The van der Waals surface area contributed by atoms with Crippen LogP contribution in [0.1, 0.15) is 27.7 Å². The van der Waals surface area contributed by atoms with Crippen molar-refractivity contribution in [2.75, 3.05) is 43.1 Å². The largest absolute Gasteiger partial charge is 0.497 e. The smallest absolute Gasteiger partial charge is 0.274 e. The summed E-state index contributed by atoms with van der Waals surface area (Å²) in [6.45, 7) is 11.1. The molecule has 0 spiro atoms. The Labute approximate surface area is 180 Å². The highest BCUT2D eigenvalue weighted by atomic mass is 32.2. The Morgan fingerprint density at radius 3 is 1.93 bits per heavy atom. The van der Waals surface area contributed by atoms with Crippen molar-refractivity contribution in [3.8, 4) is 5.75 Å². The van der Waals surface area contributed by atoms with Crippen LogP contribution in [0, 0.1) is 0 Å². The first-order valence-corrected chi connectivity index (χ1v) is 11.9. The van der Waals surface area contributed by atoms with Gasteiger partial charge < -0.3 is 9.64 Å². The van der Waals surface area contributed by atoms with Crippen molar-refractivity contribution in [2.24, 2.45) is 0 Å². The molecule has 7 nitrogen and oxygen atoms in total. The first kappa shape index (κ1) is 22.4. The van der Waals surface area contributed by atoms with E-state index in [-0.39, 0.29) is 12.1 Å². The van der Waals surface area contributed by atoms with Crippen LogP contribution in [-0.4, -0.2) is 58.1 Å². The van der Waals surface area contributed by atoms with E-state index in [0.29, 0.717) is 4.90 Å². The number of rotatable bonds is 7. The summed E-state index contributed by atoms with van der Waals surface area (Å²) in [7, 11) is -1.86. The number of sulfonamides is 1. The highest BCUT2D eigenvalue weighted by molar-refractivity contribution is 7.89. The first-order valence-electron chi connectivity index (χ1n) is 10.4. The molecule has 1 N–H and O–H groups in total. The molecular formula is C22H33N4O3S+. The Balaban J connectivity index is 1.67. The molecule has 30 heavy (non-hydrogen) atoms. The van der Waals surface area contributed by atoms with Crippen molar-refractivity contribution in [2.45, 2.75) is 44.7 Å². The van der Waals surface area contributed by atoms with Gasteiger partial charge in [-0.1, -0.05) is 0 Å². The van der Waals surface area contributed by atoms with Crippen LogP contribution < -0.4 is 19.5 Å². The minimum atomic E-state index is -3.53. The van der Waals surface area contributed by atoms with Gasteiger partial charge in [-0.15, -0.1) is 0 Å². The second-order valence-electron chi connectivity index (χ2n) is 8.10. The van der Waals surface area contributed by atoms with E-state index < -0.39 is 10.0 Å². The average Bonchev–Trinajstić information content (AvgIpc) is 2.73. The maximum absolute atomic E-state index is 13.0. The fraction of sp³-hybridized carbons (Fsp3) is 0.500. The van der Waals surface area contributed by atoms with Gasteiger partial charge in [-0.3, -0.25) is 4.90 Å². The number of nitrogens with one attached hydrogen (secondary N) is 1. The second kappa shape index (κ2) is 9.22. The van der Waals surface area contributed by atoms with E-state index in [2.05, 4.69) is 26.9 Å². The Morgan fingerprint density at radius 1 is 0.900 bits per heavy atom. The normalized spacial score (nSPS) is 15.3. The Hall–Kier alpha value is -2.32. The number of aromatic nitrogens is 1. The number of aromatic amines is 1. The maximum atomic E-state index is 13.0. The number of piperazine rings is 1. The minimum absolute atomic E-state index is 0.0966. The van der Waals surface area contributed by atoms with Crippen LogP contribution in [0.5, 0.6) is 5.75 Å². The van der Waals surface area contributed by atoms with Crippen molar-refractivity contribution >= 4 is 21.5 Å². The van der Waals surface area contributed by atoms with Gasteiger partial charge in [0.2, 0.25) is 10.0 Å².